The number of nitrogens with one attached hydrogen (secondary N) is 2. The normalized spacial score (nSPS) is 16.7. The molecule has 1 aliphatic rings. The summed E-state index contributed by atoms with van der Waals surface area (Å²) < 4.78 is 32.2. The molecule has 0 saturated carbocycles. The highest BCUT2D eigenvalue weighted by Gasteiger charge is 2.52. The first kappa shape index (κ1) is 35.1. The summed E-state index contributed by atoms with van der Waals surface area (Å²) in [5.41, 5.74) is 1.49. The Labute approximate surface area is 272 Å². The number of carbonyl (C=O) groups excluding carboxylic acids is 3. The van der Waals surface area contributed by atoms with Crippen molar-refractivity contribution in [1.29, 1.82) is 0 Å². The Morgan fingerprint density at radius 2 is 1.73 bits per heavy atom. The number of amides is 3. The van der Waals surface area contributed by atoms with E-state index < -0.39 is 103 Å². The minimum atomic E-state index is -4.90. The fourth-order valence-electron chi connectivity index (χ4n) is 4.36. The number of nitrogens with zero attached hydrogens (tertiary/aromatic N) is 6. The number of thiazole rings is 1. The van der Waals surface area contributed by atoms with E-state index in [-0.39, 0.29) is 15.1 Å². The van der Waals surface area contributed by atoms with Gasteiger partial charge in [-0.1, -0.05) is 5.16 Å². The molecule has 4 rings (SSSR count). The van der Waals surface area contributed by atoms with Crippen LogP contribution in [0, 0.1) is 0 Å². The van der Waals surface area contributed by atoms with E-state index in [1.807, 2.05) is 0 Å². The van der Waals surface area contributed by atoms with Crippen molar-refractivity contribution in [3.63, 3.8) is 0 Å². The van der Waals surface area contributed by atoms with Gasteiger partial charge in [0.05, 0.1) is 11.6 Å². The van der Waals surface area contributed by atoms with Crippen molar-refractivity contribution in [2.24, 2.45) is 5.16 Å². The second kappa shape index (κ2) is 12.5. The maximum Gasteiger partial charge on any atom is 0.362 e. The Bertz CT molecular complexity index is 2030. The van der Waals surface area contributed by atoms with Gasteiger partial charge in [0.15, 0.2) is 33.7 Å². The molecule has 48 heavy (non-hydrogen) atoms. The van der Waals surface area contributed by atoms with E-state index in [9.17, 15) is 57.4 Å². The predicted molar refractivity (Wildman–Crippen MR) is 161 cm³/mol. The summed E-state index contributed by atoms with van der Waals surface area (Å²) in [6, 6.07) is -1.82. The number of nitrogen functional groups attached to an aromatic ring is 1. The van der Waals surface area contributed by atoms with Crippen molar-refractivity contribution in [3.8, 4) is 11.5 Å². The van der Waals surface area contributed by atoms with E-state index in [4.69, 9.17) is 10.6 Å². The maximum absolute atomic E-state index is 13.8. The van der Waals surface area contributed by atoms with E-state index >= 15 is 0 Å². The van der Waals surface area contributed by atoms with Crippen molar-refractivity contribution in [1.82, 2.24) is 30.0 Å². The molecule has 24 heteroatoms. The highest BCUT2D eigenvalue weighted by Crippen LogP contribution is 2.42. The fourth-order valence-corrected chi connectivity index (χ4v) is 5.79. The second-order valence-corrected chi connectivity index (χ2v) is 12.5. The molecule has 0 unspecified atom stereocenters. The molecule has 2 aromatic heterocycles. The lowest BCUT2D eigenvalue weighted by molar-refractivity contribution is -0.144. The average Bonchev–Trinajstić information content (AvgIpc) is 3.42. The average molecular weight is 712 g/mol. The maximum atomic E-state index is 13.8. The van der Waals surface area contributed by atoms with Gasteiger partial charge in [0.25, 0.3) is 17.7 Å². The van der Waals surface area contributed by atoms with Crippen LogP contribution in [0.1, 0.15) is 47.4 Å². The lowest BCUT2D eigenvalue weighted by Gasteiger charge is -2.42. The van der Waals surface area contributed by atoms with Crippen LogP contribution in [-0.2, 0) is 29.5 Å². The number of hydrazine groups is 1. The van der Waals surface area contributed by atoms with Gasteiger partial charge in [-0.25, -0.2) is 39.3 Å². The van der Waals surface area contributed by atoms with Crippen LogP contribution in [0.15, 0.2) is 16.6 Å². The molecule has 0 bridgehead atoms. The molecule has 2 atom stereocenters. The SMILES string of the molecule is CNN(C(=O)C(C)(C)O/N=C(\C(=O)N[C@@H]1C(=O)N(S(=O)(=O)O)[C@H]1C)c1csc(N)n1)c1c(O)c(O)cc2nc(C(=O)O)c(C(=O)O)nc12. The molecule has 9 N–H and O–H groups in total. The van der Waals surface area contributed by atoms with Gasteiger partial charge < -0.3 is 36.3 Å². The van der Waals surface area contributed by atoms with Gasteiger partial charge in [-0.2, -0.15) is 8.42 Å². The monoisotopic (exact) mass is 711 g/mol. The summed E-state index contributed by atoms with van der Waals surface area (Å²) in [5.74, 6) is -8.88. The van der Waals surface area contributed by atoms with E-state index in [0.29, 0.717) is 5.01 Å². The number of nitrogens with two attached hydrogens (primary N) is 1. The first-order chi connectivity index (χ1) is 22.2. The number of phenolic OH excluding ortho intramolecular Hbond substituents is 2. The van der Waals surface area contributed by atoms with Crippen LogP contribution in [0.25, 0.3) is 11.0 Å². The number of aromatic nitrogens is 3. The molecule has 1 aromatic carbocycles. The summed E-state index contributed by atoms with van der Waals surface area (Å²) in [7, 11) is -3.73. The third-order valence-electron chi connectivity index (χ3n) is 6.67. The zero-order valence-corrected chi connectivity index (χ0v) is 26.5. The zero-order valence-electron chi connectivity index (χ0n) is 24.9. The predicted octanol–water partition coefficient (Wildman–Crippen LogP) is -1.34. The molecule has 0 aliphatic carbocycles. The van der Waals surface area contributed by atoms with Crippen molar-refractivity contribution >= 4 is 78.9 Å². The summed E-state index contributed by atoms with van der Waals surface area (Å²) in [4.78, 5) is 79.6. The lowest BCUT2D eigenvalue weighted by atomic mass is 10.0. The van der Waals surface area contributed by atoms with E-state index in [1.165, 1.54) is 19.4 Å². The molecule has 22 nitrogen and oxygen atoms in total. The van der Waals surface area contributed by atoms with Crippen molar-refractivity contribution in [3.05, 3.63) is 28.5 Å². The Morgan fingerprint density at radius 3 is 2.23 bits per heavy atom. The van der Waals surface area contributed by atoms with Gasteiger partial charge in [0.1, 0.15) is 22.9 Å². The highest BCUT2D eigenvalue weighted by molar-refractivity contribution is 7.84. The summed E-state index contributed by atoms with van der Waals surface area (Å²) in [6.07, 6.45) is 0. The number of anilines is 2. The number of fused-ring (bicyclic) bond motifs is 1. The van der Waals surface area contributed by atoms with Crippen LogP contribution >= 0.6 is 11.3 Å². The number of rotatable bonds is 11. The molecule has 1 aliphatic heterocycles. The van der Waals surface area contributed by atoms with Crippen LogP contribution in [0.5, 0.6) is 11.5 Å². The number of hydrogen-bond donors (Lipinski definition) is 8. The number of aromatic carboxylic acids is 2. The molecule has 256 valence electrons. The Kier molecular flexibility index (Phi) is 9.13. The highest BCUT2D eigenvalue weighted by atomic mass is 32.2. The zero-order chi connectivity index (χ0) is 36.0. The summed E-state index contributed by atoms with van der Waals surface area (Å²) >= 11 is 0.884. The molecule has 1 fully saturated rings. The number of aromatic hydroxyl groups is 2. The number of oxime groups is 1. The van der Waals surface area contributed by atoms with Gasteiger partial charge in [-0.05, 0) is 20.8 Å². The molecule has 0 spiro atoms. The van der Waals surface area contributed by atoms with Crippen LogP contribution in [-0.4, -0.2) is 113 Å². The third kappa shape index (κ3) is 6.31. The van der Waals surface area contributed by atoms with E-state index in [2.05, 4.69) is 30.9 Å². The van der Waals surface area contributed by atoms with Crippen LogP contribution < -0.4 is 21.5 Å². The number of carbonyl (C=O) groups is 5. The van der Waals surface area contributed by atoms with Gasteiger partial charge in [0, 0.05) is 18.5 Å². The number of β-lactam (4-membered cyclic amide) rings is 1. The Morgan fingerprint density at radius 1 is 1.12 bits per heavy atom. The lowest BCUT2D eigenvalue weighted by Crippen LogP contribution is -2.71. The second-order valence-electron chi connectivity index (χ2n) is 10.3. The number of hydrogen-bond acceptors (Lipinski definition) is 17. The number of phenols is 2. The van der Waals surface area contributed by atoms with Crippen LogP contribution in [0.4, 0.5) is 10.8 Å². The molecular formula is C24H25N9O13S2. The quantitative estimate of drug-likeness (QED) is 0.0375. The summed E-state index contributed by atoms with van der Waals surface area (Å²) in [5, 5.41) is 47.9. The van der Waals surface area contributed by atoms with Crippen LogP contribution in [0.3, 0.4) is 0 Å². The standard InChI is InChI=1S/C24H25N9O13S2/c1-7-11(19(37)33(7)48(43,44)45)30-18(36)13(9-6-47-23(25)28-9)31-46-24(2,3)22(42)32(26-4)16-12-8(5-10(34)17(16)35)27-14(20(38)39)15(29-12)21(40)41/h5-7,11,26,34-35H,1-4H3,(H2,25,28)(H,30,36)(H,38,39)(H,40,41)(H,43,44,45)/b31-13-/t7-,11-/m0/s1. The van der Waals surface area contributed by atoms with Gasteiger partial charge in [0.2, 0.25) is 5.60 Å². The minimum Gasteiger partial charge on any atom is -0.504 e. The number of carboxylic acid groups (broad SMARTS) is 2. The molecule has 1 saturated heterocycles. The van der Waals surface area contributed by atoms with Gasteiger partial charge in [-0.3, -0.25) is 18.9 Å². The van der Waals surface area contributed by atoms with Crippen LogP contribution in [0.2, 0.25) is 0 Å². The van der Waals surface area contributed by atoms with Gasteiger partial charge >= 0.3 is 22.2 Å². The first-order valence-corrected chi connectivity index (χ1v) is 15.3. The van der Waals surface area contributed by atoms with Gasteiger partial charge in [-0.15, -0.1) is 11.3 Å². The number of benzene rings is 1. The minimum absolute atomic E-state index is 0.0213. The van der Waals surface area contributed by atoms with Crippen molar-refractivity contribution in [2.75, 3.05) is 17.8 Å². The molecule has 0 radical (unpaired) electrons. The first-order valence-electron chi connectivity index (χ1n) is 13.1. The number of carboxylic acids is 2. The molecule has 3 amide bonds. The molecular weight excluding hydrogens is 686 g/mol. The largest absolute Gasteiger partial charge is 0.504 e. The smallest absolute Gasteiger partial charge is 0.362 e. The third-order valence-corrected chi connectivity index (χ3v) is 8.36. The van der Waals surface area contributed by atoms with Crippen molar-refractivity contribution in [2.45, 2.75) is 38.5 Å². The fraction of sp³-hybridized carbons (Fsp3) is 0.292. The molecule has 3 aromatic rings. The Balaban J connectivity index is 1.73. The van der Waals surface area contributed by atoms with E-state index in [1.54, 1.807) is 0 Å². The van der Waals surface area contributed by atoms with Crippen molar-refractivity contribution < 1.29 is 62.2 Å². The summed E-state index contributed by atoms with van der Waals surface area (Å²) in [6.45, 7) is 3.53. The Hall–Kier alpha value is -5.72. The van der Waals surface area contributed by atoms with E-state index in [0.717, 1.165) is 31.3 Å². The topological polar surface area (TPSA) is 337 Å². The molecule has 3 heterocycles.